The van der Waals surface area contributed by atoms with Crippen molar-refractivity contribution in [2.45, 2.75) is 32.9 Å². The van der Waals surface area contributed by atoms with Gasteiger partial charge < -0.3 is 19.9 Å². The quantitative estimate of drug-likeness (QED) is 0.539. The molecule has 0 aliphatic heterocycles. The summed E-state index contributed by atoms with van der Waals surface area (Å²) in [6, 6.07) is 0.220. The fraction of sp³-hybridized carbons (Fsp3) is 0.750. The molecule has 0 amide bonds. The molecule has 0 aliphatic rings. The summed E-state index contributed by atoms with van der Waals surface area (Å²) in [6.07, 6.45) is 2.64. The van der Waals surface area contributed by atoms with Crippen LogP contribution in [0.3, 0.4) is 0 Å². The Kier molecular flexibility index (Phi) is 6.88. The molecule has 1 aromatic rings. The van der Waals surface area contributed by atoms with E-state index < -0.39 is 0 Å². The molecule has 19 heavy (non-hydrogen) atoms. The number of rotatable bonds is 7. The summed E-state index contributed by atoms with van der Waals surface area (Å²) in [5, 5.41) is 14.5. The predicted octanol–water partition coefficient (Wildman–Crippen LogP) is 0.0404. The Labute approximate surface area is 114 Å². The van der Waals surface area contributed by atoms with Gasteiger partial charge in [0.05, 0.1) is 6.61 Å². The molecular weight excluding hydrogens is 244 g/mol. The van der Waals surface area contributed by atoms with Crippen LogP contribution < -0.4 is 10.6 Å². The van der Waals surface area contributed by atoms with Crippen LogP contribution in [0.15, 0.2) is 11.3 Å². The predicted molar refractivity (Wildman–Crippen MR) is 75.2 cm³/mol. The third-order valence-corrected chi connectivity index (χ3v) is 2.68. The van der Waals surface area contributed by atoms with Crippen molar-refractivity contribution in [2.24, 2.45) is 4.99 Å². The molecule has 0 fully saturated rings. The Morgan fingerprint density at radius 1 is 1.58 bits per heavy atom. The Morgan fingerprint density at radius 3 is 3.00 bits per heavy atom. The van der Waals surface area contributed by atoms with Crippen LogP contribution in [-0.2, 0) is 17.7 Å². The summed E-state index contributed by atoms with van der Waals surface area (Å²) in [5.41, 5.74) is 0. The number of nitrogens with zero attached hydrogens (tertiary/aromatic N) is 4. The molecule has 0 saturated carbocycles. The van der Waals surface area contributed by atoms with E-state index in [-0.39, 0.29) is 6.04 Å². The highest BCUT2D eigenvalue weighted by atomic mass is 16.5. The molecule has 7 nitrogen and oxygen atoms in total. The van der Waals surface area contributed by atoms with Crippen LogP contribution >= 0.6 is 0 Å². The van der Waals surface area contributed by atoms with Crippen molar-refractivity contribution < 1.29 is 4.74 Å². The largest absolute Gasteiger partial charge is 0.383 e. The lowest BCUT2D eigenvalue weighted by Crippen LogP contribution is -2.44. The Hall–Kier alpha value is -1.63. The average molecular weight is 268 g/mol. The molecule has 0 bridgehead atoms. The number of ether oxygens (including phenoxy) is 1. The van der Waals surface area contributed by atoms with Crippen LogP contribution in [0.4, 0.5) is 0 Å². The summed E-state index contributed by atoms with van der Waals surface area (Å²) >= 11 is 0. The zero-order valence-electron chi connectivity index (χ0n) is 12.2. The van der Waals surface area contributed by atoms with Gasteiger partial charge in [0.1, 0.15) is 12.2 Å². The lowest BCUT2D eigenvalue weighted by atomic mass is 10.4. The van der Waals surface area contributed by atoms with Crippen molar-refractivity contribution in [3.8, 4) is 0 Å². The van der Waals surface area contributed by atoms with Crippen LogP contribution in [0.2, 0.25) is 0 Å². The molecule has 7 heteroatoms. The van der Waals surface area contributed by atoms with E-state index in [1.54, 1.807) is 20.5 Å². The number of aryl methyl sites for hydroxylation is 1. The van der Waals surface area contributed by atoms with Gasteiger partial charge in [-0.25, -0.2) is 0 Å². The molecule has 0 aromatic carbocycles. The van der Waals surface area contributed by atoms with E-state index >= 15 is 0 Å². The lowest BCUT2D eigenvalue weighted by Gasteiger charge is -2.17. The van der Waals surface area contributed by atoms with E-state index in [1.807, 2.05) is 11.5 Å². The van der Waals surface area contributed by atoms with Gasteiger partial charge in [-0.2, -0.15) is 0 Å². The van der Waals surface area contributed by atoms with Gasteiger partial charge >= 0.3 is 0 Å². The third kappa shape index (κ3) is 5.25. The molecule has 1 rings (SSSR count). The molecule has 1 aromatic heterocycles. The van der Waals surface area contributed by atoms with Crippen molar-refractivity contribution in [3.63, 3.8) is 0 Å². The monoisotopic (exact) mass is 268 g/mol. The minimum absolute atomic E-state index is 0.220. The normalized spacial score (nSPS) is 13.4. The van der Waals surface area contributed by atoms with Crippen molar-refractivity contribution in [1.82, 2.24) is 25.4 Å². The van der Waals surface area contributed by atoms with E-state index in [0.717, 1.165) is 31.3 Å². The molecule has 108 valence electrons. The van der Waals surface area contributed by atoms with Crippen molar-refractivity contribution in [1.29, 1.82) is 0 Å². The summed E-state index contributed by atoms with van der Waals surface area (Å²) in [7, 11) is 3.44. The molecule has 1 unspecified atom stereocenters. The zero-order valence-corrected chi connectivity index (χ0v) is 12.2. The smallest absolute Gasteiger partial charge is 0.191 e. The van der Waals surface area contributed by atoms with Crippen LogP contribution in [0, 0.1) is 0 Å². The first-order valence-electron chi connectivity index (χ1n) is 6.54. The second-order valence-electron chi connectivity index (χ2n) is 4.29. The number of nitrogens with one attached hydrogen (secondary N) is 2. The van der Waals surface area contributed by atoms with Crippen LogP contribution in [0.1, 0.15) is 19.7 Å². The maximum Gasteiger partial charge on any atom is 0.191 e. The summed E-state index contributed by atoms with van der Waals surface area (Å²) in [4.78, 5) is 4.17. The maximum atomic E-state index is 5.08. The van der Waals surface area contributed by atoms with E-state index in [1.165, 1.54) is 0 Å². The lowest BCUT2D eigenvalue weighted by molar-refractivity contribution is 0.179. The topological polar surface area (TPSA) is 76.4 Å². The first kappa shape index (κ1) is 15.4. The van der Waals surface area contributed by atoms with Crippen molar-refractivity contribution in [2.75, 3.05) is 27.3 Å². The number of hydrogen-bond donors (Lipinski definition) is 2. The van der Waals surface area contributed by atoms with E-state index in [2.05, 4.69) is 32.7 Å². The average Bonchev–Trinajstić information content (AvgIpc) is 2.85. The standard InChI is InChI=1S/C12H24N6O/c1-5-11-17-15-9-18(11)7-6-14-12(13-3)16-10(2)8-19-4/h9-10H,5-8H2,1-4H3,(H2,13,14,16). The second-order valence-corrected chi connectivity index (χ2v) is 4.29. The molecular formula is C12H24N6O. The van der Waals surface area contributed by atoms with E-state index in [4.69, 9.17) is 4.74 Å². The molecule has 0 radical (unpaired) electrons. The minimum atomic E-state index is 0.220. The molecule has 0 spiro atoms. The number of hydrogen-bond acceptors (Lipinski definition) is 4. The third-order valence-electron chi connectivity index (χ3n) is 2.68. The fourth-order valence-electron chi connectivity index (χ4n) is 1.75. The molecule has 1 heterocycles. The van der Waals surface area contributed by atoms with Gasteiger partial charge in [-0.1, -0.05) is 6.92 Å². The van der Waals surface area contributed by atoms with Gasteiger partial charge in [0.2, 0.25) is 0 Å². The molecule has 0 aliphatic carbocycles. The Morgan fingerprint density at radius 2 is 2.37 bits per heavy atom. The number of aliphatic imine (C=N–C) groups is 1. The van der Waals surface area contributed by atoms with Gasteiger partial charge in [-0.05, 0) is 6.92 Å². The van der Waals surface area contributed by atoms with Crippen LogP contribution in [0.5, 0.6) is 0 Å². The first-order chi connectivity index (χ1) is 9.21. The van der Waals surface area contributed by atoms with Gasteiger partial charge in [-0.15, -0.1) is 10.2 Å². The molecule has 0 saturated heterocycles. The first-order valence-corrected chi connectivity index (χ1v) is 6.54. The summed E-state index contributed by atoms with van der Waals surface area (Å²) in [5.74, 6) is 1.77. The number of aromatic nitrogens is 3. The Balaban J connectivity index is 2.34. The van der Waals surface area contributed by atoms with Crippen molar-refractivity contribution in [3.05, 3.63) is 12.2 Å². The molecule has 1 atom stereocenters. The fourth-order valence-corrected chi connectivity index (χ4v) is 1.75. The van der Waals surface area contributed by atoms with Gasteiger partial charge in [0.15, 0.2) is 5.96 Å². The Bertz CT molecular complexity index is 389. The van der Waals surface area contributed by atoms with Gasteiger partial charge in [0, 0.05) is 39.7 Å². The second kappa shape index (κ2) is 8.47. The number of guanidine groups is 1. The molecule has 2 N–H and O–H groups in total. The van der Waals surface area contributed by atoms with Crippen LogP contribution in [0.25, 0.3) is 0 Å². The summed E-state index contributed by atoms with van der Waals surface area (Å²) < 4.78 is 7.12. The van der Waals surface area contributed by atoms with Crippen molar-refractivity contribution >= 4 is 5.96 Å². The van der Waals surface area contributed by atoms with E-state index in [9.17, 15) is 0 Å². The van der Waals surface area contributed by atoms with Gasteiger partial charge in [-0.3, -0.25) is 4.99 Å². The van der Waals surface area contributed by atoms with Gasteiger partial charge in [0.25, 0.3) is 0 Å². The number of methoxy groups -OCH3 is 1. The van der Waals surface area contributed by atoms with Crippen LogP contribution in [-0.4, -0.2) is 54.1 Å². The zero-order chi connectivity index (χ0) is 14.1. The summed E-state index contributed by atoms with van der Waals surface area (Å²) in [6.45, 7) is 6.35. The highest BCUT2D eigenvalue weighted by Gasteiger charge is 2.05. The highest BCUT2D eigenvalue weighted by molar-refractivity contribution is 5.79. The maximum absolute atomic E-state index is 5.08. The van der Waals surface area contributed by atoms with E-state index in [0.29, 0.717) is 6.61 Å². The highest BCUT2D eigenvalue weighted by Crippen LogP contribution is 1.94. The SMILES string of the molecule is CCc1nncn1CCNC(=NC)NC(C)COC. The minimum Gasteiger partial charge on any atom is -0.383 e.